The molecule has 3 amide bonds. The summed E-state index contributed by atoms with van der Waals surface area (Å²) in [5.41, 5.74) is 1.18. The number of hydrogen-bond acceptors (Lipinski definition) is 5. The van der Waals surface area contributed by atoms with Gasteiger partial charge in [-0.1, -0.05) is 25.5 Å². The van der Waals surface area contributed by atoms with Gasteiger partial charge in [-0.05, 0) is 44.4 Å². The molecule has 1 atom stereocenters. The monoisotopic (exact) mass is 449 g/mol. The number of carbonyl (C=O) groups excluding carboxylic acids is 2. The molecule has 3 aliphatic rings. The van der Waals surface area contributed by atoms with Crippen molar-refractivity contribution in [3.63, 3.8) is 0 Å². The molecule has 1 aromatic carbocycles. The highest BCUT2D eigenvalue weighted by Crippen LogP contribution is 2.29. The van der Waals surface area contributed by atoms with Crippen LogP contribution in [0.3, 0.4) is 0 Å². The normalized spacial score (nSPS) is 21.5. The van der Waals surface area contributed by atoms with Gasteiger partial charge in [0, 0.05) is 39.3 Å². The van der Waals surface area contributed by atoms with E-state index in [0.717, 1.165) is 83.7 Å². The van der Waals surface area contributed by atoms with E-state index < -0.39 is 0 Å². The van der Waals surface area contributed by atoms with Crippen molar-refractivity contribution in [2.75, 3.05) is 57.3 Å². The van der Waals surface area contributed by atoms with E-state index in [1.807, 2.05) is 6.07 Å². The summed E-state index contributed by atoms with van der Waals surface area (Å²) in [5.74, 6) is 0.994. The first-order valence-corrected chi connectivity index (χ1v) is 11.5. The summed E-state index contributed by atoms with van der Waals surface area (Å²) in [6.07, 6.45) is 4.82. The van der Waals surface area contributed by atoms with Gasteiger partial charge in [-0.25, -0.2) is 4.79 Å². The molecule has 3 heterocycles. The number of benzene rings is 1. The fraction of sp³-hybridized carbons (Fsp3) is 0.652. The van der Waals surface area contributed by atoms with E-state index in [2.05, 4.69) is 34.9 Å². The Balaban J connectivity index is 0.00000272. The number of imide groups is 1. The molecule has 7 nitrogen and oxygen atoms in total. The quantitative estimate of drug-likeness (QED) is 0.386. The number of urea groups is 1. The summed E-state index contributed by atoms with van der Waals surface area (Å²) in [5, 5.41) is 0. The zero-order chi connectivity index (χ0) is 20.9. The molecule has 8 heteroatoms. The summed E-state index contributed by atoms with van der Waals surface area (Å²) < 4.78 is 6.00. The van der Waals surface area contributed by atoms with Crippen LogP contribution in [-0.4, -0.2) is 85.1 Å². The Labute approximate surface area is 191 Å². The lowest BCUT2D eigenvalue weighted by atomic mass is 10.2. The standard InChI is InChI=1S/C23H34N4O3.ClH/c1-2-3-18-30-21-10-5-4-8-19(21)25-16-14-24(15-17-25)11-7-13-27-22(28)20-9-6-12-26(20)23(27)29;/h4-5,8,10,20H,2-3,6-7,9,11-18H2,1H3;1H/p-1. The summed E-state index contributed by atoms with van der Waals surface area (Å²) in [6, 6.07) is 8.06. The van der Waals surface area contributed by atoms with E-state index in [1.165, 1.54) is 10.6 Å². The van der Waals surface area contributed by atoms with Crippen molar-refractivity contribution in [1.29, 1.82) is 0 Å². The lowest BCUT2D eigenvalue weighted by molar-refractivity contribution is -0.128. The number of nitrogens with zero attached hydrogens (tertiary/aromatic N) is 4. The second-order valence-corrected chi connectivity index (χ2v) is 8.48. The van der Waals surface area contributed by atoms with Crippen LogP contribution in [0.4, 0.5) is 10.5 Å². The topological polar surface area (TPSA) is 56.3 Å². The molecule has 0 N–H and O–H groups in total. The number of carbonyl (C=O) groups is 2. The van der Waals surface area contributed by atoms with Crippen LogP contribution < -0.4 is 22.0 Å². The highest BCUT2D eigenvalue weighted by Gasteiger charge is 2.46. The molecule has 172 valence electrons. The van der Waals surface area contributed by atoms with E-state index in [0.29, 0.717) is 6.54 Å². The number of hydrogen-bond donors (Lipinski definition) is 0. The van der Waals surface area contributed by atoms with E-state index in [1.54, 1.807) is 4.90 Å². The third-order valence-corrected chi connectivity index (χ3v) is 6.47. The Morgan fingerprint density at radius 2 is 1.77 bits per heavy atom. The minimum Gasteiger partial charge on any atom is -1.00 e. The maximum Gasteiger partial charge on any atom is 0.327 e. The molecule has 0 aliphatic carbocycles. The Morgan fingerprint density at radius 3 is 2.52 bits per heavy atom. The van der Waals surface area contributed by atoms with Crippen LogP contribution in [0, 0.1) is 0 Å². The second kappa shape index (κ2) is 11.0. The number of fused-ring (bicyclic) bond motifs is 1. The van der Waals surface area contributed by atoms with Crippen molar-refractivity contribution in [3.05, 3.63) is 24.3 Å². The van der Waals surface area contributed by atoms with E-state index >= 15 is 0 Å². The molecule has 0 bridgehead atoms. The lowest BCUT2D eigenvalue weighted by Crippen LogP contribution is -3.00. The van der Waals surface area contributed by atoms with Crippen molar-refractivity contribution in [3.8, 4) is 5.75 Å². The molecule has 1 aromatic rings. The molecule has 1 unspecified atom stereocenters. The van der Waals surface area contributed by atoms with E-state index in [-0.39, 0.29) is 30.4 Å². The van der Waals surface area contributed by atoms with Crippen LogP contribution in [0.5, 0.6) is 5.75 Å². The predicted molar refractivity (Wildman–Crippen MR) is 117 cm³/mol. The first-order valence-electron chi connectivity index (χ1n) is 11.5. The Kier molecular flexibility index (Phi) is 8.43. The third-order valence-electron chi connectivity index (χ3n) is 6.47. The molecule has 3 aliphatic heterocycles. The Hall–Kier alpha value is -1.99. The fourth-order valence-corrected chi connectivity index (χ4v) is 4.72. The van der Waals surface area contributed by atoms with Gasteiger partial charge in [-0.15, -0.1) is 0 Å². The average Bonchev–Trinajstić information content (AvgIpc) is 3.34. The van der Waals surface area contributed by atoms with Crippen LogP contribution in [0.25, 0.3) is 0 Å². The van der Waals surface area contributed by atoms with Gasteiger partial charge >= 0.3 is 6.03 Å². The number of anilines is 1. The van der Waals surface area contributed by atoms with E-state index in [9.17, 15) is 9.59 Å². The highest BCUT2D eigenvalue weighted by molar-refractivity contribution is 6.04. The van der Waals surface area contributed by atoms with Gasteiger partial charge in [-0.2, -0.15) is 0 Å². The first kappa shape index (κ1) is 23.7. The van der Waals surface area contributed by atoms with Gasteiger partial charge in [0.2, 0.25) is 0 Å². The number of unbranched alkanes of at least 4 members (excludes halogenated alkanes) is 1. The molecule has 0 spiro atoms. The van der Waals surface area contributed by atoms with Crippen molar-refractivity contribution < 1.29 is 26.7 Å². The van der Waals surface area contributed by atoms with Crippen LogP contribution in [0.15, 0.2) is 24.3 Å². The van der Waals surface area contributed by atoms with Crippen LogP contribution >= 0.6 is 0 Å². The molecular formula is C23H34ClN4O3-. The Morgan fingerprint density at radius 1 is 1.00 bits per heavy atom. The minimum absolute atomic E-state index is 0. The van der Waals surface area contributed by atoms with Crippen LogP contribution in [-0.2, 0) is 4.79 Å². The molecular weight excluding hydrogens is 416 g/mol. The molecule has 3 fully saturated rings. The molecule has 0 saturated carbocycles. The summed E-state index contributed by atoms with van der Waals surface area (Å²) >= 11 is 0. The molecule has 0 radical (unpaired) electrons. The predicted octanol–water partition coefficient (Wildman–Crippen LogP) is -0.192. The number of para-hydroxylation sites is 2. The number of amides is 3. The fourth-order valence-electron chi connectivity index (χ4n) is 4.72. The maximum atomic E-state index is 12.4. The van der Waals surface area contributed by atoms with Crippen molar-refractivity contribution in [2.45, 2.75) is 45.1 Å². The Bertz CT molecular complexity index is 732. The molecule has 31 heavy (non-hydrogen) atoms. The maximum absolute atomic E-state index is 12.4. The van der Waals surface area contributed by atoms with Gasteiger partial charge in [0.05, 0.1) is 12.3 Å². The molecule has 0 aromatic heterocycles. The summed E-state index contributed by atoms with van der Waals surface area (Å²) in [4.78, 5) is 32.9. The van der Waals surface area contributed by atoms with Gasteiger partial charge < -0.3 is 26.9 Å². The number of halogens is 1. The zero-order valence-electron chi connectivity index (χ0n) is 18.5. The largest absolute Gasteiger partial charge is 1.00 e. The average molecular weight is 450 g/mol. The summed E-state index contributed by atoms with van der Waals surface area (Å²) in [7, 11) is 0. The number of rotatable bonds is 9. The van der Waals surface area contributed by atoms with E-state index in [4.69, 9.17) is 4.74 Å². The van der Waals surface area contributed by atoms with Gasteiger partial charge in [0.15, 0.2) is 0 Å². The third kappa shape index (κ3) is 5.26. The van der Waals surface area contributed by atoms with Gasteiger partial charge in [0.1, 0.15) is 11.8 Å². The van der Waals surface area contributed by atoms with Crippen LogP contribution in [0.1, 0.15) is 39.0 Å². The van der Waals surface area contributed by atoms with Crippen molar-refractivity contribution in [2.24, 2.45) is 0 Å². The first-order chi connectivity index (χ1) is 14.7. The van der Waals surface area contributed by atoms with Crippen LogP contribution in [0.2, 0.25) is 0 Å². The minimum atomic E-state index is -0.180. The van der Waals surface area contributed by atoms with Crippen molar-refractivity contribution in [1.82, 2.24) is 14.7 Å². The number of ether oxygens (including phenoxy) is 1. The number of piperazine rings is 1. The second-order valence-electron chi connectivity index (χ2n) is 8.48. The van der Waals surface area contributed by atoms with Gasteiger partial charge in [-0.3, -0.25) is 14.6 Å². The molecule has 4 rings (SSSR count). The summed E-state index contributed by atoms with van der Waals surface area (Å²) in [6.45, 7) is 9.03. The highest BCUT2D eigenvalue weighted by atomic mass is 35.5. The van der Waals surface area contributed by atoms with Crippen molar-refractivity contribution >= 4 is 17.6 Å². The SMILES string of the molecule is CCCCOc1ccccc1N1CCN(CCCN2C(=O)C3CCCN3C2=O)CC1.[Cl-]. The smallest absolute Gasteiger partial charge is 0.327 e. The van der Waals surface area contributed by atoms with Gasteiger partial charge in [0.25, 0.3) is 5.91 Å². The zero-order valence-corrected chi connectivity index (χ0v) is 19.2. The molecule has 3 saturated heterocycles. The lowest BCUT2D eigenvalue weighted by Gasteiger charge is -2.36.